The molecule has 2 unspecified atom stereocenters. The molecule has 0 radical (unpaired) electrons. The van der Waals surface area contributed by atoms with Crippen LogP contribution in [-0.2, 0) is 4.79 Å². The van der Waals surface area contributed by atoms with E-state index < -0.39 is 6.03 Å². The topological polar surface area (TPSA) is 110 Å². The van der Waals surface area contributed by atoms with Crippen molar-refractivity contribution in [1.82, 2.24) is 0 Å². The molecular weight excluding hydrogens is 292 g/mol. The number of hydrogen-bond donors (Lipinski definition) is 4. The molecule has 3 amide bonds. The molecule has 0 heterocycles. The van der Waals surface area contributed by atoms with Gasteiger partial charge in [0, 0.05) is 23.3 Å². The lowest BCUT2D eigenvalue weighted by Crippen LogP contribution is -2.48. The number of rotatable bonds is 3. The molecule has 0 saturated heterocycles. The van der Waals surface area contributed by atoms with Gasteiger partial charge in [-0.1, -0.05) is 6.42 Å². The maximum absolute atomic E-state index is 12.5. The Morgan fingerprint density at radius 3 is 2.00 bits per heavy atom. The summed E-state index contributed by atoms with van der Waals surface area (Å²) >= 11 is 0. The van der Waals surface area contributed by atoms with Crippen LogP contribution in [-0.4, -0.2) is 18.0 Å². The van der Waals surface area contributed by atoms with Crippen molar-refractivity contribution in [2.45, 2.75) is 38.1 Å². The van der Waals surface area contributed by atoms with E-state index in [1.165, 1.54) is 6.42 Å². The second-order valence-electron chi connectivity index (χ2n) is 6.75. The Kier molecular flexibility index (Phi) is 4.52. The molecule has 2 aliphatic rings. The molecular formula is C17H24N4O2. The average molecular weight is 316 g/mol. The summed E-state index contributed by atoms with van der Waals surface area (Å²) in [5.74, 6) is 1.10. The summed E-state index contributed by atoms with van der Waals surface area (Å²) in [7, 11) is 0. The highest BCUT2D eigenvalue weighted by Gasteiger charge is 2.40. The minimum atomic E-state index is -0.605. The highest BCUT2D eigenvalue weighted by atomic mass is 16.2. The Labute approximate surface area is 136 Å². The quantitative estimate of drug-likeness (QED) is 0.686. The zero-order valence-corrected chi connectivity index (χ0v) is 13.1. The number of nitrogens with one attached hydrogen (secondary N) is 2. The predicted octanol–water partition coefficient (Wildman–Crippen LogP) is 2.27. The largest absolute Gasteiger partial charge is 0.351 e. The van der Waals surface area contributed by atoms with Crippen molar-refractivity contribution in [1.29, 1.82) is 0 Å². The van der Waals surface area contributed by atoms with Gasteiger partial charge in [0.2, 0.25) is 5.91 Å². The Morgan fingerprint density at radius 1 is 0.957 bits per heavy atom. The van der Waals surface area contributed by atoms with Crippen LogP contribution in [0.15, 0.2) is 24.3 Å². The molecule has 6 N–H and O–H groups in total. The van der Waals surface area contributed by atoms with Gasteiger partial charge in [0.1, 0.15) is 0 Å². The van der Waals surface area contributed by atoms with E-state index in [-0.39, 0.29) is 17.9 Å². The van der Waals surface area contributed by atoms with Gasteiger partial charge in [0.05, 0.1) is 0 Å². The molecule has 0 spiro atoms. The van der Waals surface area contributed by atoms with Gasteiger partial charge < -0.3 is 22.1 Å². The SMILES string of the molecule is NC(=O)Nc1ccc(NC(=O)C2CC3CCCC(C2)C3N)cc1. The fraction of sp³-hybridized carbons (Fsp3) is 0.529. The van der Waals surface area contributed by atoms with Crippen LogP contribution in [0.4, 0.5) is 16.2 Å². The number of primary amides is 1. The fourth-order valence-electron chi connectivity index (χ4n) is 4.03. The monoisotopic (exact) mass is 316 g/mol. The molecule has 2 saturated carbocycles. The van der Waals surface area contributed by atoms with E-state index >= 15 is 0 Å². The molecule has 23 heavy (non-hydrogen) atoms. The maximum Gasteiger partial charge on any atom is 0.316 e. The zero-order chi connectivity index (χ0) is 16.4. The van der Waals surface area contributed by atoms with Gasteiger partial charge in [0.25, 0.3) is 0 Å². The number of anilines is 2. The average Bonchev–Trinajstić information content (AvgIpc) is 2.48. The lowest BCUT2D eigenvalue weighted by molar-refractivity contribution is -0.122. The van der Waals surface area contributed by atoms with Crippen molar-refractivity contribution in [3.05, 3.63) is 24.3 Å². The van der Waals surface area contributed by atoms with E-state index in [9.17, 15) is 9.59 Å². The van der Waals surface area contributed by atoms with E-state index in [4.69, 9.17) is 11.5 Å². The van der Waals surface area contributed by atoms with Gasteiger partial charge >= 0.3 is 6.03 Å². The Hall–Kier alpha value is -2.08. The maximum atomic E-state index is 12.5. The predicted molar refractivity (Wildman–Crippen MR) is 89.8 cm³/mol. The molecule has 3 rings (SSSR count). The van der Waals surface area contributed by atoms with Gasteiger partial charge in [-0.15, -0.1) is 0 Å². The molecule has 0 aromatic heterocycles. The Bertz CT molecular complexity index is 573. The molecule has 6 nitrogen and oxygen atoms in total. The van der Waals surface area contributed by atoms with Crippen LogP contribution in [0.5, 0.6) is 0 Å². The van der Waals surface area contributed by atoms with E-state index in [2.05, 4.69) is 10.6 Å². The number of nitrogens with two attached hydrogens (primary N) is 2. The van der Waals surface area contributed by atoms with E-state index in [1.807, 2.05) is 0 Å². The molecule has 2 atom stereocenters. The summed E-state index contributed by atoms with van der Waals surface area (Å²) in [4.78, 5) is 23.3. The molecule has 6 heteroatoms. The van der Waals surface area contributed by atoms with Gasteiger partial charge in [-0.05, 0) is 61.8 Å². The Balaban J connectivity index is 1.60. The number of carbonyl (C=O) groups is 2. The number of benzene rings is 1. The number of amides is 3. The van der Waals surface area contributed by atoms with Crippen LogP contribution < -0.4 is 22.1 Å². The van der Waals surface area contributed by atoms with Gasteiger partial charge in [-0.25, -0.2) is 4.79 Å². The number of urea groups is 1. The number of hydrogen-bond acceptors (Lipinski definition) is 3. The highest BCUT2D eigenvalue weighted by molar-refractivity contribution is 5.93. The van der Waals surface area contributed by atoms with Crippen molar-refractivity contribution in [2.75, 3.05) is 10.6 Å². The van der Waals surface area contributed by atoms with Crippen molar-refractivity contribution < 1.29 is 9.59 Å². The van der Waals surface area contributed by atoms with Crippen LogP contribution in [0.3, 0.4) is 0 Å². The Morgan fingerprint density at radius 2 is 1.48 bits per heavy atom. The fourth-order valence-corrected chi connectivity index (χ4v) is 4.03. The second-order valence-corrected chi connectivity index (χ2v) is 6.75. The van der Waals surface area contributed by atoms with Crippen molar-refractivity contribution >= 4 is 23.3 Å². The second kappa shape index (κ2) is 6.58. The van der Waals surface area contributed by atoms with Gasteiger partial charge in [-0.2, -0.15) is 0 Å². The van der Waals surface area contributed by atoms with E-state index in [0.29, 0.717) is 17.5 Å². The normalized spacial score (nSPS) is 29.6. The van der Waals surface area contributed by atoms with Crippen LogP contribution in [0.1, 0.15) is 32.1 Å². The lowest BCUT2D eigenvalue weighted by Gasteiger charge is -2.43. The minimum Gasteiger partial charge on any atom is -0.351 e. The third-order valence-electron chi connectivity index (χ3n) is 5.20. The molecule has 2 fully saturated rings. The summed E-state index contributed by atoms with van der Waals surface area (Å²) in [6, 6.07) is 6.62. The van der Waals surface area contributed by atoms with Crippen LogP contribution in [0.2, 0.25) is 0 Å². The zero-order valence-electron chi connectivity index (χ0n) is 13.1. The van der Waals surface area contributed by atoms with Gasteiger partial charge in [-0.3, -0.25) is 4.79 Å². The minimum absolute atomic E-state index is 0.0496. The number of carbonyl (C=O) groups excluding carboxylic acids is 2. The van der Waals surface area contributed by atoms with Crippen LogP contribution >= 0.6 is 0 Å². The molecule has 2 aliphatic carbocycles. The molecule has 1 aromatic rings. The third kappa shape index (κ3) is 3.64. The van der Waals surface area contributed by atoms with E-state index in [1.54, 1.807) is 24.3 Å². The molecule has 0 aliphatic heterocycles. The molecule has 2 bridgehead atoms. The molecule has 124 valence electrons. The standard InChI is InChI=1S/C17H24N4O2/c18-15-10-2-1-3-11(15)9-12(8-10)16(22)20-13-4-6-14(7-5-13)21-17(19)23/h4-7,10-12,15H,1-3,8-9,18H2,(H,20,22)(H3,19,21,23). The smallest absolute Gasteiger partial charge is 0.316 e. The first-order valence-electron chi connectivity index (χ1n) is 8.26. The van der Waals surface area contributed by atoms with Crippen molar-refractivity contribution in [3.63, 3.8) is 0 Å². The summed E-state index contributed by atoms with van der Waals surface area (Å²) < 4.78 is 0. The molecule has 1 aromatic carbocycles. The van der Waals surface area contributed by atoms with Gasteiger partial charge in [0.15, 0.2) is 0 Å². The van der Waals surface area contributed by atoms with Crippen molar-refractivity contribution in [2.24, 2.45) is 29.2 Å². The third-order valence-corrected chi connectivity index (χ3v) is 5.20. The number of fused-ring (bicyclic) bond motifs is 2. The first-order chi connectivity index (χ1) is 11.0. The van der Waals surface area contributed by atoms with E-state index in [0.717, 1.165) is 31.4 Å². The lowest BCUT2D eigenvalue weighted by atomic mass is 9.65. The summed E-state index contributed by atoms with van der Waals surface area (Å²) in [5, 5.41) is 5.47. The van der Waals surface area contributed by atoms with Crippen molar-refractivity contribution in [3.8, 4) is 0 Å². The highest BCUT2D eigenvalue weighted by Crippen LogP contribution is 2.42. The summed E-state index contributed by atoms with van der Waals surface area (Å²) in [6.45, 7) is 0. The summed E-state index contributed by atoms with van der Waals surface area (Å²) in [6.07, 6.45) is 5.32. The van der Waals surface area contributed by atoms with Crippen LogP contribution in [0.25, 0.3) is 0 Å². The first kappa shape index (κ1) is 15.8. The first-order valence-corrected chi connectivity index (χ1v) is 8.26. The summed E-state index contributed by atoms with van der Waals surface area (Å²) in [5.41, 5.74) is 12.7. The van der Waals surface area contributed by atoms with Crippen LogP contribution in [0, 0.1) is 17.8 Å².